The van der Waals surface area contributed by atoms with Gasteiger partial charge in [-0.15, -0.1) is 0 Å². The summed E-state index contributed by atoms with van der Waals surface area (Å²) in [5.41, 5.74) is 0.394. The van der Waals surface area contributed by atoms with Crippen LogP contribution in [0.1, 0.15) is 31.2 Å². The fourth-order valence-electron chi connectivity index (χ4n) is 3.52. The van der Waals surface area contributed by atoms with E-state index in [1.54, 1.807) is 18.2 Å². The highest BCUT2D eigenvalue weighted by molar-refractivity contribution is 7.88. The van der Waals surface area contributed by atoms with Crippen LogP contribution in [0.15, 0.2) is 18.2 Å². The number of ether oxygens (including phenoxy) is 1. The SMILES string of the molecule is O=C(NC[C@H]1CCCO1)[C@@H]1CCCN(S(=O)(=O)Cc2c(Cl)cccc2Cl)C1. The second-order valence-corrected chi connectivity index (χ2v) is 9.82. The Bertz CT molecular complexity index is 761. The van der Waals surface area contributed by atoms with E-state index in [-0.39, 0.29) is 30.2 Å². The van der Waals surface area contributed by atoms with Crippen LogP contribution >= 0.6 is 23.2 Å². The van der Waals surface area contributed by atoms with E-state index < -0.39 is 10.0 Å². The zero-order valence-corrected chi connectivity index (χ0v) is 17.3. The Kier molecular flexibility index (Phi) is 7.03. The molecule has 1 amide bonds. The number of hydrogen-bond acceptors (Lipinski definition) is 4. The molecular formula is C18H24Cl2N2O4S. The number of sulfonamides is 1. The Hall–Kier alpha value is -0.860. The molecule has 0 radical (unpaired) electrons. The lowest BCUT2D eigenvalue weighted by Crippen LogP contribution is -2.46. The third-order valence-corrected chi connectivity index (χ3v) is 7.54. The van der Waals surface area contributed by atoms with Crippen LogP contribution in [0.2, 0.25) is 10.0 Å². The first-order valence-electron chi connectivity index (χ1n) is 9.17. The van der Waals surface area contributed by atoms with Gasteiger partial charge in [-0.25, -0.2) is 12.7 Å². The van der Waals surface area contributed by atoms with E-state index in [4.69, 9.17) is 27.9 Å². The first-order valence-corrected chi connectivity index (χ1v) is 11.5. The lowest BCUT2D eigenvalue weighted by molar-refractivity contribution is -0.126. The van der Waals surface area contributed by atoms with Crippen LogP contribution in [0.5, 0.6) is 0 Å². The topological polar surface area (TPSA) is 75.7 Å². The van der Waals surface area contributed by atoms with E-state index in [1.807, 2.05) is 0 Å². The maximum absolute atomic E-state index is 12.9. The van der Waals surface area contributed by atoms with Crippen molar-refractivity contribution in [2.75, 3.05) is 26.2 Å². The van der Waals surface area contributed by atoms with Gasteiger partial charge < -0.3 is 10.1 Å². The summed E-state index contributed by atoms with van der Waals surface area (Å²) in [7, 11) is -3.62. The largest absolute Gasteiger partial charge is 0.376 e. The molecule has 150 valence electrons. The first kappa shape index (κ1) is 20.9. The number of carbonyl (C=O) groups excluding carboxylic acids is 1. The molecule has 0 aliphatic carbocycles. The summed E-state index contributed by atoms with van der Waals surface area (Å²) < 4.78 is 32.6. The Morgan fingerprint density at radius 2 is 1.96 bits per heavy atom. The molecular weight excluding hydrogens is 411 g/mol. The molecule has 0 aromatic heterocycles. The predicted molar refractivity (Wildman–Crippen MR) is 105 cm³/mol. The van der Waals surface area contributed by atoms with E-state index in [0.717, 1.165) is 19.4 Å². The Balaban J connectivity index is 1.61. The lowest BCUT2D eigenvalue weighted by atomic mass is 9.99. The van der Waals surface area contributed by atoms with Gasteiger partial charge in [-0.3, -0.25) is 4.79 Å². The van der Waals surface area contributed by atoms with E-state index in [0.29, 0.717) is 41.5 Å². The standard InChI is InChI=1S/C18H24Cl2N2O4S/c19-16-6-1-7-17(20)15(16)12-27(24,25)22-8-2-4-13(11-22)18(23)21-10-14-5-3-9-26-14/h1,6-7,13-14H,2-5,8-12H2,(H,21,23)/t13-,14-/m1/s1. The highest BCUT2D eigenvalue weighted by Gasteiger charge is 2.33. The number of carbonyl (C=O) groups is 1. The molecule has 2 fully saturated rings. The molecule has 2 saturated heterocycles. The number of amides is 1. The summed E-state index contributed by atoms with van der Waals surface area (Å²) >= 11 is 12.2. The highest BCUT2D eigenvalue weighted by atomic mass is 35.5. The van der Waals surface area contributed by atoms with E-state index in [1.165, 1.54) is 4.31 Å². The van der Waals surface area contributed by atoms with Gasteiger partial charge in [0.2, 0.25) is 15.9 Å². The summed E-state index contributed by atoms with van der Waals surface area (Å²) in [6, 6.07) is 4.92. The minimum atomic E-state index is -3.62. The van der Waals surface area contributed by atoms with Crippen LogP contribution in [0.3, 0.4) is 0 Å². The van der Waals surface area contributed by atoms with Gasteiger partial charge in [0, 0.05) is 41.8 Å². The van der Waals surface area contributed by atoms with Crippen LogP contribution < -0.4 is 5.32 Å². The summed E-state index contributed by atoms with van der Waals surface area (Å²) in [6.45, 7) is 1.81. The molecule has 1 N–H and O–H groups in total. The number of piperidine rings is 1. The van der Waals surface area contributed by atoms with Crippen molar-refractivity contribution in [2.24, 2.45) is 5.92 Å². The Morgan fingerprint density at radius 3 is 2.63 bits per heavy atom. The van der Waals surface area contributed by atoms with Crippen molar-refractivity contribution >= 4 is 39.1 Å². The molecule has 0 saturated carbocycles. The van der Waals surface area contributed by atoms with Gasteiger partial charge in [0.05, 0.1) is 17.8 Å². The van der Waals surface area contributed by atoms with E-state index in [9.17, 15) is 13.2 Å². The van der Waals surface area contributed by atoms with Gasteiger partial charge in [0.25, 0.3) is 0 Å². The molecule has 2 aliphatic heterocycles. The normalized spacial score (nSPS) is 24.1. The minimum Gasteiger partial charge on any atom is -0.376 e. The molecule has 2 atom stereocenters. The zero-order chi connectivity index (χ0) is 19.4. The molecule has 6 nitrogen and oxygen atoms in total. The third-order valence-electron chi connectivity index (χ3n) is 5.06. The molecule has 0 spiro atoms. The molecule has 0 unspecified atom stereocenters. The average Bonchev–Trinajstić information content (AvgIpc) is 3.17. The molecule has 2 heterocycles. The highest BCUT2D eigenvalue weighted by Crippen LogP contribution is 2.29. The molecule has 9 heteroatoms. The van der Waals surface area contributed by atoms with Crippen molar-refractivity contribution in [3.63, 3.8) is 0 Å². The fraction of sp³-hybridized carbons (Fsp3) is 0.611. The van der Waals surface area contributed by atoms with E-state index in [2.05, 4.69) is 5.32 Å². The molecule has 27 heavy (non-hydrogen) atoms. The molecule has 2 aliphatic rings. The number of nitrogens with zero attached hydrogens (tertiary/aromatic N) is 1. The average molecular weight is 435 g/mol. The van der Waals surface area contributed by atoms with Gasteiger partial charge >= 0.3 is 0 Å². The second-order valence-electron chi connectivity index (χ2n) is 7.03. The smallest absolute Gasteiger partial charge is 0.224 e. The molecule has 1 aromatic rings. The predicted octanol–water partition coefficient (Wildman–Crippen LogP) is 2.83. The monoisotopic (exact) mass is 434 g/mol. The summed E-state index contributed by atoms with van der Waals surface area (Å²) in [6.07, 6.45) is 3.36. The van der Waals surface area contributed by atoms with Crippen molar-refractivity contribution in [3.05, 3.63) is 33.8 Å². The van der Waals surface area contributed by atoms with Crippen LogP contribution in [-0.4, -0.2) is 51.0 Å². The Labute approximate surface area is 170 Å². The number of nitrogens with one attached hydrogen (secondary N) is 1. The van der Waals surface area contributed by atoms with Gasteiger partial charge in [-0.05, 0) is 37.8 Å². The quantitative estimate of drug-likeness (QED) is 0.746. The van der Waals surface area contributed by atoms with Crippen molar-refractivity contribution in [1.29, 1.82) is 0 Å². The maximum Gasteiger partial charge on any atom is 0.224 e. The number of benzene rings is 1. The first-order chi connectivity index (χ1) is 12.9. The van der Waals surface area contributed by atoms with Gasteiger partial charge in [0.1, 0.15) is 0 Å². The van der Waals surface area contributed by atoms with Gasteiger partial charge in [-0.2, -0.15) is 0 Å². The molecule has 3 rings (SSSR count). The minimum absolute atomic E-state index is 0.0692. The van der Waals surface area contributed by atoms with Crippen molar-refractivity contribution in [3.8, 4) is 0 Å². The maximum atomic E-state index is 12.9. The third kappa shape index (κ3) is 5.35. The second kappa shape index (κ2) is 9.09. The van der Waals surface area contributed by atoms with Gasteiger partial charge in [-0.1, -0.05) is 29.3 Å². The summed E-state index contributed by atoms with van der Waals surface area (Å²) in [5, 5.41) is 3.56. The van der Waals surface area contributed by atoms with Gasteiger partial charge in [0.15, 0.2) is 0 Å². The fourth-order valence-corrected chi connectivity index (χ4v) is 5.88. The van der Waals surface area contributed by atoms with Crippen LogP contribution in [-0.2, 0) is 25.3 Å². The molecule has 0 bridgehead atoms. The van der Waals surface area contributed by atoms with Crippen LogP contribution in [0.4, 0.5) is 0 Å². The van der Waals surface area contributed by atoms with Crippen LogP contribution in [0, 0.1) is 5.92 Å². The zero-order valence-electron chi connectivity index (χ0n) is 15.0. The number of halogens is 2. The summed E-state index contributed by atoms with van der Waals surface area (Å²) in [5.74, 6) is -0.728. The number of hydrogen-bond donors (Lipinski definition) is 1. The number of rotatable bonds is 6. The molecule has 1 aromatic carbocycles. The summed E-state index contributed by atoms with van der Waals surface area (Å²) in [4.78, 5) is 12.5. The van der Waals surface area contributed by atoms with Crippen molar-refractivity contribution in [1.82, 2.24) is 9.62 Å². The Morgan fingerprint density at radius 1 is 1.22 bits per heavy atom. The van der Waals surface area contributed by atoms with E-state index >= 15 is 0 Å². The lowest BCUT2D eigenvalue weighted by Gasteiger charge is -2.31. The van der Waals surface area contributed by atoms with Crippen molar-refractivity contribution < 1.29 is 17.9 Å². The van der Waals surface area contributed by atoms with Crippen LogP contribution in [0.25, 0.3) is 0 Å². The van der Waals surface area contributed by atoms with Crippen molar-refractivity contribution in [2.45, 2.75) is 37.5 Å².